The van der Waals surface area contributed by atoms with Gasteiger partial charge >= 0.3 is 0 Å². The van der Waals surface area contributed by atoms with Gasteiger partial charge in [-0.15, -0.1) is 11.3 Å². The molecule has 38 heavy (non-hydrogen) atoms. The number of aryl methyl sites for hydroxylation is 1. The number of carbonyl (C=O) groups is 1. The van der Waals surface area contributed by atoms with E-state index in [1.165, 1.54) is 43.5 Å². The molecule has 5 nitrogen and oxygen atoms in total. The van der Waals surface area contributed by atoms with Crippen molar-refractivity contribution in [1.82, 2.24) is 9.88 Å². The number of nitrogens with zero attached hydrogens (tertiary/aromatic N) is 3. The van der Waals surface area contributed by atoms with Crippen molar-refractivity contribution in [1.29, 1.82) is 0 Å². The van der Waals surface area contributed by atoms with Crippen molar-refractivity contribution in [3.63, 3.8) is 0 Å². The first kappa shape index (κ1) is 26.8. The van der Waals surface area contributed by atoms with Gasteiger partial charge in [-0.3, -0.25) is 4.79 Å². The zero-order valence-electron chi connectivity index (χ0n) is 24.1. The molecule has 0 unspecified atom stereocenters. The van der Waals surface area contributed by atoms with Crippen molar-refractivity contribution >= 4 is 22.2 Å². The zero-order chi connectivity index (χ0) is 26.7. The highest BCUT2D eigenvalue weighted by molar-refractivity contribution is 7.14. The predicted molar refractivity (Wildman–Crippen MR) is 155 cm³/mol. The van der Waals surface area contributed by atoms with Crippen molar-refractivity contribution < 1.29 is 9.90 Å². The van der Waals surface area contributed by atoms with Crippen LogP contribution in [0.1, 0.15) is 90.7 Å². The van der Waals surface area contributed by atoms with Crippen LogP contribution >= 0.6 is 11.3 Å². The first-order valence-electron chi connectivity index (χ1n) is 15.5. The smallest absolute Gasteiger partial charge is 0.222 e. The third-order valence-corrected chi connectivity index (χ3v) is 13.3. The molecular formula is C32H49N3O2S. The van der Waals surface area contributed by atoms with E-state index in [0.29, 0.717) is 29.1 Å². The van der Waals surface area contributed by atoms with Crippen LogP contribution in [0.25, 0.3) is 0 Å². The molecule has 1 aromatic rings. The van der Waals surface area contributed by atoms with Gasteiger partial charge in [-0.1, -0.05) is 32.4 Å². The van der Waals surface area contributed by atoms with Crippen LogP contribution in [0.5, 0.6) is 0 Å². The van der Waals surface area contributed by atoms with Gasteiger partial charge in [0.2, 0.25) is 5.91 Å². The minimum absolute atomic E-state index is 0.120. The molecule has 6 heteroatoms. The van der Waals surface area contributed by atoms with E-state index < -0.39 is 0 Å². The largest absolute Gasteiger partial charge is 0.393 e. The van der Waals surface area contributed by atoms with Crippen molar-refractivity contribution in [3.05, 3.63) is 22.9 Å². The molecule has 3 saturated carbocycles. The van der Waals surface area contributed by atoms with Gasteiger partial charge in [0.15, 0.2) is 0 Å². The summed E-state index contributed by atoms with van der Waals surface area (Å²) in [6, 6.07) is 0. The Balaban J connectivity index is 1.05. The number of allylic oxidation sites excluding steroid dienone is 1. The molecule has 0 spiro atoms. The van der Waals surface area contributed by atoms with Gasteiger partial charge in [0.05, 0.1) is 17.3 Å². The third kappa shape index (κ3) is 4.46. The van der Waals surface area contributed by atoms with E-state index in [0.717, 1.165) is 74.8 Å². The maximum atomic E-state index is 13.2. The lowest BCUT2D eigenvalue weighted by Crippen LogP contribution is -2.51. The molecule has 4 aliphatic carbocycles. The highest BCUT2D eigenvalue weighted by Crippen LogP contribution is 2.67. The molecule has 1 amide bonds. The molecule has 8 atom stereocenters. The number of piperazine rings is 1. The number of aliphatic hydroxyl groups excluding tert-OH is 1. The van der Waals surface area contributed by atoms with Crippen molar-refractivity contribution in [3.8, 4) is 0 Å². The van der Waals surface area contributed by atoms with Crippen LogP contribution in [0.4, 0.5) is 5.00 Å². The fourth-order valence-electron chi connectivity index (χ4n) is 10.1. The third-order valence-electron chi connectivity index (χ3n) is 12.3. The lowest BCUT2D eigenvalue weighted by molar-refractivity contribution is -0.132. The molecule has 2 heterocycles. The number of aliphatic hydroxyl groups is 1. The Bertz CT molecular complexity index is 1060. The fraction of sp³-hybridized carbons (Fsp3) is 0.812. The number of aromatic nitrogens is 1. The van der Waals surface area contributed by atoms with E-state index in [1.54, 1.807) is 16.9 Å². The van der Waals surface area contributed by atoms with Crippen molar-refractivity contribution in [2.45, 2.75) is 98.0 Å². The Labute approximate surface area is 234 Å². The first-order chi connectivity index (χ1) is 18.2. The topological polar surface area (TPSA) is 56.7 Å². The molecule has 1 aliphatic heterocycles. The molecule has 1 saturated heterocycles. The van der Waals surface area contributed by atoms with Gasteiger partial charge in [-0.05, 0) is 105 Å². The molecule has 0 bridgehead atoms. The van der Waals surface area contributed by atoms with E-state index >= 15 is 0 Å². The second kappa shape index (κ2) is 10.2. The average Bonchev–Trinajstić information content (AvgIpc) is 3.50. The number of hydrogen-bond donors (Lipinski definition) is 1. The van der Waals surface area contributed by atoms with Crippen LogP contribution in [-0.2, 0) is 4.79 Å². The lowest BCUT2D eigenvalue weighted by Gasteiger charge is -2.58. The summed E-state index contributed by atoms with van der Waals surface area (Å²) in [7, 11) is 0. The molecule has 1 N–H and O–H groups in total. The van der Waals surface area contributed by atoms with Gasteiger partial charge < -0.3 is 14.9 Å². The summed E-state index contributed by atoms with van der Waals surface area (Å²) in [5, 5.41) is 11.6. The second-order valence-corrected chi connectivity index (χ2v) is 14.8. The van der Waals surface area contributed by atoms with Gasteiger partial charge in [-0.25, -0.2) is 4.98 Å². The van der Waals surface area contributed by atoms with Crippen molar-refractivity contribution in [2.75, 3.05) is 31.1 Å². The molecule has 0 radical (unpaired) electrons. The summed E-state index contributed by atoms with van der Waals surface area (Å²) in [5.41, 5.74) is 5.36. The Hall–Kier alpha value is -1.40. The highest BCUT2D eigenvalue weighted by atomic mass is 32.1. The summed E-state index contributed by atoms with van der Waals surface area (Å²) >= 11 is 1.71. The Morgan fingerprint density at radius 2 is 1.92 bits per heavy atom. The maximum Gasteiger partial charge on any atom is 0.222 e. The number of carbonyl (C=O) groups excluding carboxylic acids is 1. The number of amides is 1. The number of fused-ring (bicyclic) bond motifs is 5. The number of anilines is 1. The Morgan fingerprint density at radius 3 is 2.66 bits per heavy atom. The van der Waals surface area contributed by atoms with Crippen LogP contribution in [0, 0.1) is 47.3 Å². The fourth-order valence-corrected chi connectivity index (χ4v) is 11.0. The average molecular weight is 540 g/mol. The summed E-state index contributed by atoms with van der Waals surface area (Å²) < 4.78 is 0. The molecular weight excluding hydrogens is 490 g/mol. The van der Waals surface area contributed by atoms with E-state index in [9.17, 15) is 9.90 Å². The van der Waals surface area contributed by atoms with E-state index in [1.807, 2.05) is 5.51 Å². The lowest BCUT2D eigenvalue weighted by atomic mass is 9.47. The number of hydrogen-bond acceptors (Lipinski definition) is 5. The Morgan fingerprint density at radius 1 is 1.13 bits per heavy atom. The van der Waals surface area contributed by atoms with Gasteiger partial charge in [0.25, 0.3) is 0 Å². The van der Waals surface area contributed by atoms with Crippen LogP contribution < -0.4 is 4.90 Å². The molecule has 6 rings (SSSR count). The minimum Gasteiger partial charge on any atom is -0.393 e. The van der Waals surface area contributed by atoms with Crippen molar-refractivity contribution in [2.24, 2.45) is 40.4 Å². The summed E-state index contributed by atoms with van der Waals surface area (Å²) in [5.74, 6) is 4.17. The maximum absolute atomic E-state index is 13.2. The molecule has 1 aromatic heterocycles. The second-order valence-electron chi connectivity index (χ2n) is 14.0. The monoisotopic (exact) mass is 539 g/mol. The predicted octanol–water partition coefficient (Wildman–Crippen LogP) is 6.46. The molecule has 0 aromatic carbocycles. The van der Waals surface area contributed by atoms with Gasteiger partial charge in [-0.2, -0.15) is 0 Å². The van der Waals surface area contributed by atoms with E-state index in [-0.39, 0.29) is 6.10 Å². The summed E-state index contributed by atoms with van der Waals surface area (Å²) in [6.45, 7) is 13.2. The van der Waals surface area contributed by atoms with Crippen LogP contribution in [0.3, 0.4) is 0 Å². The van der Waals surface area contributed by atoms with Gasteiger partial charge in [0, 0.05) is 32.6 Å². The zero-order valence-corrected chi connectivity index (χ0v) is 24.9. The van der Waals surface area contributed by atoms with Crippen LogP contribution in [0.15, 0.2) is 17.2 Å². The Kier molecular flexibility index (Phi) is 7.20. The van der Waals surface area contributed by atoms with Crippen LogP contribution in [0.2, 0.25) is 0 Å². The number of rotatable bonds is 5. The van der Waals surface area contributed by atoms with E-state index in [2.05, 4.69) is 48.6 Å². The van der Waals surface area contributed by atoms with Gasteiger partial charge in [0.1, 0.15) is 5.00 Å². The molecule has 4 fully saturated rings. The standard InChI is InChI=1S/C32H49N3O2S/c1-21(5-10-29(37)34-15-17-35(18-16-34)30-22(2)33-20-38-30)26-8-9-27-25-7-6-23-19-24(36)11-13-31(23,3)28(25)12-14-32(26,27)4/h6,20-21,24-28,36H,5,7-19H2,1-4H3/t21-,24+,25+,26-,27+,28+,31+,32-/m1/s1. The minimum atomic E-state index is -0.120. The van der Waals surface area contributed by atoms with Crippen LogP contribution in [-0.4, -0.2) is 53.2 Å². The molecule has 210 valence electrons. The quantitative estimate of drug-likeness (QED) is 0.437. The first-order valence-corrected chi connectivity index (χ1v) is 16.4. The SMILES string of the molecule is Cc1ncsc1N1CCN(C(=O)CC[C@@H](C)[C@H]2CC[C@H]3[C@@H]4CC=C5C[C@@H](O)CC[C@]5(C)[C@H]4CC[C@]23C)CC1. The normalized spacial score (nSPS) is 39.7. The van der Waals surface area contributed by atoms with E-state index in [4.69, 9.17) is 0 Å². The summed E-state index contributed by atoms with van der Waals surface area (Å²) in [4.78, 5) is 22.1. The highest BCUT2D eigenvalue weighted by Gasteiger charge is 2.59. The summed E-state index contributed by atoms with van der Waals surface area (Å²) in [6.07, 6.45) is 13.9. The number of thiazole rings is 1. The molecule has 5 aliphatic rings.